The molecular weight excluding hydrogens is 473 g/mol. The number of pyridine rings is 1. The van der Waals surface area contributed by atoms with Gasteiger partial charge in [0.15, 0.2) is 0 Å². The monoisotopic (exact) mass is 495 g/mol. The van der Waals surface area contributed by atoms with E-state index in [9.17, 15) is 9.18 Å². The average Bonchev–Trinajstić information content (AvgIpc) is 3.51. The van der Waals surface area contributed by atoms with Crippen molar-refractivity contribution >= 4 is 40.1 Å². The second kappa shape index (κ2) is 9.62. The number of fused-ring (bicyclic) bond motifs is 1. The van der Waals surface area contributed by atoms with Crippen LogP contribution in [0.5, 0.6) is 0 Å². The van der Waals surface area contributed by atoms with Gasteiger partial charge >= 0.3 is 5.97 Å². The third-order valence-corrected chi connectivity index (χ3v) is 6.83. The van der Waals surface area contributed by atoms with Crippen LogP contribution in [0.15, 0.2) is 72.8 Å². The summed E-state index contributed by atoms with van der Waals surface area (Å²) in [5.41, 5.74) is 3.78. The highest BCUT2D eigenvalue weighted by molar-refractivity contribution is 7.21. The molecule has 0 spiro atoms. The van der Waals surface area contributed by atoms with Crippen molar-refractivity contribution in [1.29, 1.82) is 0 Å². The Balaban J connectivity index is 0.00000274. The van der Waals surface area contributed by atoms with Crippen LogP contribution in [0.25, 0.3) is 20.9 Å². The molecule has 174 valence electrons. The number of nitrogens with one attached hydrogen (secondary N) is 1. The minimum absolute atomic E-state index is 0. The standard InChI is InChI=1S/C26H22FN3O2S.ClH/c1-16(13-23(31)32)28-15-17-7-8-19(20(27)14-17)24-29-21-9-10-22(30-25(21)33-24)26(11-12-26)18-5-3-2-4-6-18;/h2-12,14,16,28H,13,15H2,1H3,(H,31,32);1H/t16-;/m1./s1. The molecule has 4 aromatic rings. The highest BCUT2D eigenvalue weighted by Gasteiger charge is 2.39. The molecule has 2 N–H and O–H groups in total. The van der Waals surface area contributed by atoms with Crippen LogP contribution in [-0.4, -0.2) is 27.1 Å². The highest BCUT2D eigenvalue weighted by atomic mass is 35.5. The lowest BCUT2D eigenvalue weighted by atomic mass is 9.89. The third-order valence-electron chi connectivity index (χ3n) is 5.83. The van der Waals surface area contributed by atoms with E-state index >= 15 is 0 Å². The number of thiazole rings is 1. The summed E-state index contributed by atoms with van der Waals surface area (Å²) in [6.45, 7) is 2.19. The first-order chi connectivity index (χ1) is 15.9. The van der Waals surface area contributed by atoms with Gasteiger partial charge in [0.05, 0.1) is 17.5 Å². The summed E-state index contributed by atoms with van der Waals surface area (Å²) in [5, 5.41) is 12.5. The summed E-state index contributed by atoms with van der Waals surface area (Å²) in [5.74, 6) is -1.22. The van der Waals surface area contributed by atoms with E-state index in [4.69, 9.17) is 10.1 Å². The van der Waals surface area contributed by atoms with Crippen LogP contribution in [0.4, 0.5) is 4.39 Å². The SMILES string of the molecule is C[C@H](CC(=O)O)NCc1ccc(-c2nc3ccc(C4(c5ccccc5)C=C4)nc3s2)c(F)c1.Cl. The minimum Gasteiger partial charge on any atom is -0.481 e. The van der Waals surface area contributed by atoms with E-state index in [1.165, 1.54) is 23.0 Å². The van der Waals surface area contributed by atoms with Crippen LogP contribution in [-0.2, 0) is 16.8 Å². The summed E-state index contributed by atoms with van der Waals surface area (Å²) >= 11 is 1.38. The minimum atomic E-state index is -0.865. The van der Waals surface area contributed by atoms with Crippen LogP contribution in [0.2, 0.25) is 0 Å². The number of allylic oxidation sites excluding steroid dienone is 2. The summed E-state index contributed by atoms with van der Waals surface area (Å²) in [6, 6.07) is 19.0. The molecule has 2 heterocycles. The molecule has 1 aliphatic carbocycles. The first-order valence-corrected chi connectivity index (χ1v) is 11.5. The molecule has 0 saturated heterocycles. The largest absolute Gasteiger partial charge is 0.481 e. The molecule has 0 bridgehead atoms. The number of carbonyl (C=O) groups is 1. The summed E-state index contributed by atoms with van der Waals surface area (Å²) in [4.78, 5) is 21.0. The lowest BCUT2D eigenvalue weighted by molar-refractivity contribution is -0.137. The number of carboxylic acids is 1. The van der Waals surface area contributed by atoms with Crippen molar-refractivity contribution < 1.29 is 14.3 Å². The Morgan fingerprint density at radius 3 is 2.56 bits per heavy atom. The molecule has 1 atom stereocenters. The zero-order valence-corrected chi connectivity index (χ0v) is 20.0. The van der Waals surface area contributed by atoms with Gasteiger partial charge in [-0.15, -0.1) is 12.4 Å². The predicted octanol–water partition coefficient (Wildman–Crippen LogP) is 5.73. The zero-order valence-electron chi connectivity index (χ0n) is 18.4. The summed E-state index contributed by atoms with van der Waals surface area (Å²) in [6.07, 6.45) is 4.30. The predicted molar refractivity (Wildman–Crippen MR) is 135 cm³/mol. The Hall–Kier alpha value is -3.13. The molecule has 0 saturated carbocycles. The van der Waals surface area contributed by atoms with Crippen molar-refractivity contribution in [2.45, 2.75) is 31.3 Å². The van der Waals surface area contributed by atoms with Crippen LogP contribution < -0.4 is 5.32 Å². The molecular formula is C26H23ClFN3O2S. The first kappa shape index (κ1) is 24.0. The van der Waals surface area contributed by atoms with Gasteiger partial charge in [0, 0.05) is 18.2 Å². The van der Waals surface area contributed by atoms with Gasteiger partial charge in [0.25, 0.3) is 0 Å². The second-order valence-corrected chi connectivity index (χ2v) is 9.28. The van der Waals surface area contributed by atoms with E-state index in [2.05, 4.69) is 34.6 Å². The van der Waals surface area contributed by atoms with Crippen molar-refractivity contribution in [3.8, 4) is 10.6 Å². The number of aromatic nitrogens is 2. The van der Waals surface area contributed by atoms with Gasteiger partial charge in [-0.1, -0.05) is 59.9 Å². The smallest absolute Gasteiger partial charge is 0.304 e. The fourth-order valence-corrected chi connectivity index (χ4v) is 4.90. The second-order valence-electron chi connectivity index (χ2n) is 8.30. The molecule has 2 aromatic carbocycles. The van der Waals surface area contributed by atoms with Gasteiger partial charge < -0.3 is 10.4 Å². The van der Waals surface area contributed by atoms with Crippen molar-refractivity contribution in [2.75, 3.05) is 0 Å². The fourth-order valence-electron chi connectivity index (χ4n) is 3.94. The molecule has 0 radical (unpaired) electrons. The normalized spacial score (nSPS) is 14.5. The van der Waals surface area contributed by atoms with Gasteiger partial charge in [0.2, 0.25) is 0 Å². The molecule has 0 aliphatic heterocycles. The number of carboxylic acid groups (broad SMARTS) is 1. The Bertz CT molecular complexity index is 1370. The fraction of sp³-hybridized carbons (Fsp3) is 0.192. The lowest BCUT2D eigenvalue weighted by Crippen LogP contribution is -2.27. The Morgan fingerprint density at radius 2 is 1.88 bits per heavy atom. The Kier molecular flexibility index (Phi) is 6.79. The summed E-state index contributed by atoms with van der Waals surface area (Å²) in [7, 11) is 0. The lowest BCUT2D eigenvalue weighted by Gasteiger charge is -2.15. The average molecular weight is 496 g/mol. The van der Waals surface area contributed by atoms with E-state index in [1.807, 2.05) is 36.4 Å². The third kappa shape index (κ3) is 4.73. The molecule has 5 nitrogen and oxygen atoms in total. The van der Waals surface area contributed by atoms with E-state index in [0.29, 0.717) is 17.1 Å². The summed E-state index contributed by atoms with van der Waals surface area (Å²) < 4.78 is 14.9. The van der Waals surface area contributed by atoms with Gasteiger partial charge in [-0.2, -0.15) is 0 Å². The number of hydrogen-bond acceptors (Lipinski definition) is 5. The van der Waals surface area contributed by atoms with Crippen LogP contribution in [0.1, 0.15) is 30.2 Å². The topological polar surface area (TPSA) is 75.1 Å². The number of benzene rings is 2. The van der Waals surface area contributed by atoms with E-state index in [0.717, 1.165) is 21.6 Å². The van der Waals surface area contributed by atoms with E-state index in [-0.39, 0.29) is 36.1 Å². The number of rotatable bonds is 8. The maximum absolute atomic E-state index is 14.9. The zero-order chi connectivity index (χ0) is 23.0. The molecule has 0 unspecified atom stereocenters. The maximum Gasteiger partial charge on any atom is 0.304 e. The molecule has 5 rings (SSSR count). The molecule has 8 heteroatoms. The molecule has 0 fully saturated rings. The molecule has 2 aromatic heterocycles. The Labute approximate surface area is 206 Å². The number of aliphatic carboxylic acids is 1. The van der Waals surface area contributed by atoms with Crippen LogP contribution in [0, 0.1) is 5.82 Å². The number of hydrogen-bond donors (Lipinski definition) is 2. The number of nitrogens with zero attached hydrogens (tertiary/aromatic N) is 2. The van der Waals surface area contributed by atoms with Crippen molar-refractivity contribution in [1.82, 2.24) is 15.3 Å². The van der Waals surface area contributed by atoms with Crippen LogP contribution >= 0.6 is 23.7 Å². The highest BCUT2D eigenvalue weighted by Crippen LogP contribution is 2.45. The van der Waals surface area contributed by atoms with E-state index < -0.39 is 5.97 Å². The van der Waals surface area contributed by atoms with Gasteiger partial charge in [-0.3, -0.25) is 4.79 Å². The van der Waals surface area contributed by atoms with Crippen LogP contribution in [0.3, 0.4) is 0 Å². The van der Waals surface area contributed by atoms with Crippen molar-refractivity contribution in [3.63, 3.8) is 0 Å². The van der Waals surface area contributed by atoms with Crippen molar-refractivity contribution in [3.05, 3.63) is 95.5 Å². The quantitative estimate of drug-likeness (QED) is 0.305. The van der Waals surface area contributed by atoms with Gasteiger partial charge in [0.1, 0.15) is 21.2 Å². The van der Waals surface area contributed by atoms with Gasteiger partial charge in [-0.05, 0) is 42.3 Å². The first-order valence-electron chi connectivity index (χ1n) is 10.7. The molecule has 34 heavy (non-hydrogen) atoms. The maximum atomic E-state index is 14.9. The molecule has 0 amide bonds. The Morgan fingerprint density at radius 1 is 1.12 bits per heavy atom. The van der Waals surface area contributed by atoms with Crippen molar-refractivity contribution in [2.24, 2.45) is 0 Å². The van der Waals surface area contributed by atoms with E-state index in [1.54, 1.807) is 13.0 Å². The number of halogens is 2. The molecule has 1 aliphatic rings. The van der Waals surface area contributed by atoms with Gasteiger partial charge in [-0.25, -0.2) is 14.4 Å².